The highest BCUT2D eigenvalue weighted by Gasteiger charge is 2.28. The van der Waals surface area contributed by atoms with Crippen molar-refractivity contribution in [2.45, 2.75) is 12.1 Å². The number of thiophene rings is 1. The molecule has 90 valence electrons. The molecule has 0 saturated carbocycles. The lowest BCUT2D eigenvalue weighted by Crippen LogP contribution is -2.39. The van der Waals surface area contributed by atoms with Crippen molar-refractivity contribution in [3.05, 3.63) is 20.3 Å². The van der Waals surface area contributed by atoms with E-state index in [0.717, 1.165) is 5.56 Å². The summed E-state index contributed by atoms with van der Waals surface area (Å²) in [5.74, 6) is 0. The quantitative estimate of drug-likeness (QED) is 0.924. The van der Waals surface area contributed by atoms with Crippen molar-refractivity contribution in [2.24, 2.45) is 0 Å². The van der Waals surface area contributed by atoms with Gasteiger partial charge in [0.05, 0.1) is 34.5 Å². The van der Waals surface area contributed by atoms with Crippen molar-refractivity contribution >= 4 is 34.5 Å². The minimum absolute atomic E-state index is 0.0121. The lowest BCUT2D eigenvalue weighted by atomic mass is 10.1. The minimum atomic E-state index is -0.0121. The molecule has 1 aromatic heterocycles. The molecule has 2 heterocycles. The molecule has 2 unspecified atom stereocenters. The Hall–Kier alpha value is 0.160. The van der Waals surface area contributed by atoms with E-state index in [1.807, 2.05) is 13.1 Å². The van der Waals surface area contributed by atoms with Crippen LogP contribution in [-0.4, -0.2) is 33.0 Å². The average Bonchev–Trinajstić information content (AvgIpc) is 2.61. The standard InChI is InChI=1S/C10H13Cl2NO2S/c1-13-9(7-5-14-2-3-15-7)6-4-8(11)16-10(6)12/h4,7,9,13H,2-3,5H2,1H3. The van der Waals surface area contributed by atoms with Gasteiger partial charge in [-0.2, -0.15) is 0 Å². The maximum Gasteiger partial charge on any atom is 0.100 e. The monoisotopic (exact) mass is 281 g/mol. The van der Waals surface area contributed by atoms with Crippen LogP contribution in [0.3, 0.4) is 0 Å². The summed E-state index contributed by atoms with van der Waals surface area (Å²) in [7, 11) is 1.88. The molecule has 0 amide bonds. The Bertz CT molecular complexity index is 353. The van der Waals surface area contributed by atoms with Gasteiger partial charge in [-0.15, -0.1) is 11.3 Å². The normalized spacial score (nSPS) is 23.3. The van der Waals surface area contributed by atoms with Gasteiger partial charge in [-0.05, 0) is 13.1 Å². The van der Waals surface area contributed by atoms with Crippen molar-refractivity contribution in [3.8, 4) is 0 Å². The minimum Gasteiger partial charge on any atom is -0.376 e. The zero-order chi connectivity index (χ0) is 11.5. The summed E-state index contributed by atoms with van der Waals surface area (Å²) in [5, 5.41) is 3.20. The average molecular weight is 282 g/mol. The summed E-state index contributed by atoms with van der Waals surface area (Å²) < 4.78 is 12.5. The van der Waals surface area contributed by atoms with E-state index in [2.05, 4.69) is 5.32 Å². The molecule has 1 aromatic rings. The summed E-state index contributed by atoms with van der Waals surface area (Å²) in [6, 6.07) is 1.91. The topological polar surface area (TPSA) is 30.5 Å². The van der Waals surface area contributed by atoms with E-state index in [-0.39, 0.29) is 12.1 Å². The Morgan fingerprint density at radius 2 is 2.31 bits per heavy atom. The first-order valence-corrected chi connectivity index (χ1v) is 6.61. The first kappa shape index (κ1) is 12.6. The predicted molar refractivity (Wildman–Crippen MR) is 66.7 cm³/mol. The van der Waals surface area contributed by atoms with E-state index < -0.39 is 0 Å². The van der Waals surface area contributed by atoms with Gasteiger partial charge in [0.25, 0.3) is 0 Å². The van der Waals surface area contributed by atoms with Gasteiger partial charge in [-0.1, -0.05) is 23.2 Å². The highest BCUT2D eigenvalue weighted by Crippen LogP contribution is 2.36. The Labute approximate surface area is 109 Å². The van der Waals surface area contributed by atoms with Crippen molar-refractivity contribution in [2.75, 3.05) is 26.9 Å². The molecule has 2 rings (SSSR count). The van der Waals surface area contributed by atoms with Gasteiger partial charge in [0.2, 0.25) is 0 Å². The van der Waals surface area contributed by atoms with Crippen LogP contribution in [0.15, 0.2) is 6.07 Å². The van der Waals surface area contributed by atoms with Crippen molar-refractivity contribution in [3.63, 3.8) is 0 Å². The summed E-state index contributed by atoms with van der Waals surface area (Å²) in [6.07, 6.45) is -0.0121. The Kier molecular flexibility index (Phi) is 4.47. The van der Waals surface area contributed by atoms with E-state index in [1.54, 1.807) is 0 Å². The maximum absolute atomic E-state index is 6.14. The first-order valence-electron chi connectivity index (χ1n) is 5.03. The number of ether oxygens (including phenoxy) is 2. The molecule has 1 aliphatic rings. The summed E-state index contributed by atoms with van der Waals surface area (Å²) in [6.45, 7) is 1.86. The molecule has 0 aromatic carbocycles. The number of nitrogens with one attached hydrogen (secondary N) is 1. The lowest BCUT2D eigenvalue weighted by Gasteiger charge is -2.30. The summed E-state index contributed by atoms with van der Waals surface area (Å²) >= 11 is 13.4. The van der Waals surface area contributed by atoms with Crippen LogP contribution in [0.1, 0.15) is 11.6 Å². The molecule has 1 aliphatic heterocycles. The molecular weight excluding hydrogens is 269 g/mol. The number of rotatable bonds is 3. The highest BCUT2D eigenvalue weighted by atomic mass is 35.5. The van der Waals surface area contributed by atoms with Gasteiger partial charge in [0.15, 0.2) is 0 Å². The van der Waals surface area contributed by atoms with Crippen molar-refractivity contribution < 1.29 is 9.47 Å². The summed E-state index contributed by atoms with van der Waals surface area (Å²) in [5.41, 5.74) is 0.981. The maximum atomic E-state index is 6.14. The third-order valence-corrected chi connectivity index (χ3v) is 4.06. The number of hydrogen-bond acceptors (Lipinski definition) is 4. The zero-order valence-corrected chi connectivity index (χ0v) is 11.2. The molecule has 0 bridgehead atoms. The van der Waals surface area contributed by atoms with Crippen LogP contribution in [0, 0.1) is 0 Å². The molecule has 16 heavy (non-hydrogen) atoms. The van der Waals surface area contributed by atoms with E-state index >= 15 is 0 Å². The molecule has 1 fully saturated rings. The number of halogens is 2. The Morgan fingerprint density at radius 3 is 2.81 bits per heavy atom. The van der Waals surface area contributed by atoms with Gasteiger partial charge >= 0.3 is 0 Å². The second kappa shape index (κ2) is 5.67. The van der Waals surface area contributed by atoms with Gasteiger partial charge in [-0.25, -0.2) is 0 Å². The molecule has 2 atom stereocenters. The molecule has 3 nitrogen and oxygen atoms in total. The predicted octanol–water partition coefficient (Wildman–Crippen LogP) is 2.73. The summed E-state index contributed by atoms with van der Waals surface area (Å²) in [4.78, 5) is 0. The van der Waals surface area contributed by atoms with Gasteiger partial charge < -0.3 is 14.8 Å². The fourth-order valence-electron chi connectivity index (χ4n) is 1.81. The molecule has 0 aliphatic carbocycles. The lowest BCUT2D eigenvalue weighted by molar-refractivity contribution is -0.101. The van der Waals surface area contributed by atoms with Crippen molar-refractivity contribution in [1.82, 2.24) is 5.32 Å². The third kappa shape index (κ3) is 2.70. The van der Waals surface area contributed by atoms with Crippen LogP contribution in [0.5, 0.6) is 0 Å². The van der Waals surface area contributed by atoms with Crippen LogP contribution >= 0.6 is 34.5 Å². The smallest absolute Gasteiger partial charge is 0.100 e. The zero-order valence-electron chi connectivity index (χ0n) is 8.83. The SMILES string of the molecule is CNC(c1cc(Cl)sc1Cl)C1COCCO1. The van der Waals surface area contributed by atoms with Gasteiger partial charge in [0, 0.05) is 5.56 Å². The van der Waals surface area contributed by atoms with E-state index in [0.29, 0.717) is 28.5 Å². The molecular formula is C10H13Cl2NO2S. The Morgan fingerprint density at radius 1 is 1.50 bits per heavy atom. The van der Waals surface area contributed by atoms with Gasteiger partial charge in [-0.3, -0.25) is 0 Å². The highest BCUT2D eigenvalue weighted by molar-refractivity contribution is 7.20. The van der Waals surface area contributed by atoms with E-state index in [4.69, 9.17) is 32.7 Å². The third-order valence-electron chi connectivity index (χ3n) is 2.54. The van der Waals surface area contributed by atoms with Crippen LogP contribution in [0.2, 0.25) is 8.67 Å². The molecule has 6 heteroatoms. The molecule has 1 N–H and O–H groups in total. The van der Waals surface area contributed by atoms with E-state index in [9.17, 15) is 0 Å². The van der Waals surface area contributed by atoms with Crippen LogP contribution < -0.4 is 5.32 Å². The fraction of sp³-hybridized carbons (Fsp3) is 0.600. The van der Waals surface area contributed by atoms with Gasteiger partial charge in [0.1, 0.15) is 6.10 Å². The van der Waals surface area contributed by atoms with Crippen LogP contribution in [0.25, 0.3) is 0 Å². The second-order valence-corrected chi connectivity index (χ2v) is 5.82. The fourth-order valence-corrected chi connectivity index (χ4v) is 3.35. The number of likely N-dealkylation sites (N-methyl/N-ethyl adjacent to an activating group) is 1. The molecule has 0 radical (unpaired) electrons. The molecule has 1 saturated heterocycles. The van der Waals surface area contributed by atoms with Crippen molar-refractivity contribution in [1.29, 1.82) is 0 Å². The molecule has 0 spiro atoms. The number of hydrogen-bond donors (Lipinski definition) is 1. The Balaban J connectivity index is 2.17. The van der Waals surface area contributed by atoms with Crippen LogP contribution in [-0.2, 0) is 9.47 Å². The first-order chi connectivity index (χ1) is 7.72. The second-order valence-electron chi connectivity index (χ2n) is 3.53. The largest absolute Gasteiger partial charge is 0.376 e. The van der Waals surface area contributed by atoms with Crippen LogP contribution in [0.4, 0.5) is 0 Å². The van der Waals surface area contributed by atoms with E-state index in [1.165, 1.54) is 11.3 Å².